The number of fused-ring (bicyclic) bond motifs is 1. The first-order valence-electron chi connectivity index (χ1n) is 5.46. The van der Waals surface area contributed by atoms with Crippen LogP contribution in [0.15, 0.2) is 30.6 Å². The molecule has 17 heavy (non-hydrogen) atoms. The number of nitrogens with two attached hydrogens (primary N) is 1. The number of rotatable bonds is 0. The summed E-state index contributed by atoms with van der Waals surface area (Å²) in [5.41, 5.74) is 5.99. The topological polar surface area (TPSA) is 57.2 Å². The van der Waals surface area contributed by atoms with Crippen molar-refractivity contribution < 1.29 is 9.53 Å². The van der Waals surface area contributed by atoms with E-state index in [2.05, 4.69) is 0 Å². The van der Waals surface area contributed by atoms with Crippen LogP contribution in [0.1, 0.15) is 20.8 Å². The third-order valence-electron chi connectivity index (χ3n) is 2.32. The Bertz CT molecular complexity index is 564. The van der Waals surface area contributed by atoms with E-state index in [0.29, 0.717) is 5.69 Å². The number of benzene rings is 1. The van der Waals surface area contributed by atoms with Gasteiger partial charge in [-0.25, -0.2) is 4.79 Å². The van der Waals surface area contributed by atoms with Crippen LogP contribution in [0.2, 0.25) is 0 Å². The second-order valence-corrected chi connectivity index (χ2v) is 5.00. The van der Waals surface area contributed by atoms with E-state index in [1.165, 1.54) is 4.57 Å². The molecule has 0 spiro atoms. The van der Waals surface area contributed by atoms with Gasteiger partial charge in [0, 0.05) is 28.9 Å². The lowest BCUT2D eigenvalue weighted by Gasteiger charge is -2.19. The molecule has 2 N–H and O–H groups in total. The molecular formula is C13H16N2O2. The maximum atomic E-state index is 11.8. The van der Waals surface area contributed by atoms with Crippen LogP contribution in [0.25, 0.3) is 10.8 Å². The van der Waals surface area contributed by atoms with Crippen molar-refractivity contribution in [2.75, 3.05) is 5.73 Å². The van der Waals surface area contributed by atoms with Crippen molar-refractivity contribution in [2.24, 2.45) is 0 Å². The van der Waals surface area contributed by atoms with Gasteiger partial charge in [-0.15, -0.1) is 0 Å². The zero-order chi connectivity index (χ0) is 12.6. The van der Waals surface area contributed by atoms with Crippen LogP contribution in [0.5, 0.6) is 0 Å². The van der Waals surface area contributed by atoms with Crippen molar-refractivity contribution in [1.29, 1.82) is 0 Å². The van der Waals surface area contributed by atoms with Crippen molar-refractivity contribution >= 4 is 22.6 Å². The van der Waals surface area contributed by atoms with E-state index in [4.69, 9.17) is 10.5 Å². The molecule has 4 nitrogen and oxygen atoms in total. The van der Waals surface area contributed by atoms with E-state index < -0.39 is 11.7 Å². The van der Waals surface area contributed by atoms with Crippen LogP contribution in [-0.4, -0.2) is 16.3 Å². The van der Waals surface area contributed by atoms with Crippen molar-refractivity contribution in [3.8, 4) is 0 Å². The second kappa shape index (κ2) is 3.80. The number of hydrogen-bond donors (Lipinski definition) is 1. The molecule has 4 heteroatoms. The van der Waals surface area contributed by atoms with Crippen LogP contribution < -0.4 is 5.73 Å². The molecule has 0 aliphatic carbocycles. The molecule has 0 aliphatic rings. The largest absolute Gasteiger partial charge is 0.443 e. The van der Waals surface area contributed by atoms with Gasteiger partial charge >= 0.3 is 6.09 Å². The predicted molar refractivity (Wildman–Crippen MR) is 68.0 cm³/mol. The molecule has 2 aromatic rings. The number of hydrogen-bond acceptors (Lipinski definition) is 3. The Labute approximate surface area is 100.0 Å². The summed E-state index contributed by atoms with van der Waals surface area (Å²) in [6.45, 7) is 5.51. The Morgan fingerprint density at radius 2 is 2.00 bits per heavy atom. The molecule has 1 heterocycles. The fraction of sp³-hybridized carbons (Fsp3) is 0.308. The van der Waals surface area contributed by atoms with Gasteiger partial charge < -0.3 is 10.5 Å². The Hall–Kier alpha value is -1.97. The van der Waals surface area contributed by atoms with Gasteiger partial charge in [0.05, 0.1) is 0 Å². The highest BCUT2D eigenvalue weighted by Crippen LogP contribution is 2.22. The van der Waals surface area contributed by atoms with Gasteiger partial charge in [-0.05, 0) is 26.8 Å². The number of ether oxygens (including phenoxy) is 1. The first-order valence-corrected chi connectivity index (χ1v) is 5.46. The van der Waals surface area contributed by atoms with Crippen LogP contribution in [0, 0.1) is 0 Å². The fourth-order valence-corrected chi connectivity index (χ4v) is 1.61. The third kappa shape index (κ3) is 2.41. The molecule has 0 atom stereocenters. The Morgan fingerprint density at radius 1 is 1.29 bits per heavy atom. The second-order valence-electron chi connectivity index (χ2n) is 5.00. The minimum Gasteiger partial charge on any atom is -0.443 e. The molecule has 0 bridgehead atoms. The molecular weight excluding hydrogens is 216 g/mol. The molecule has 2 rings (SSSR count). The summed E-state index contributed by atoms with van der Waals surface area (Å²) in [5.74, 6) is 0. The van der Waals surface area contributed by atoms with Gasteiger partial charge in [-0.2, -0.15) is 0 Å². The van der Waals surface area contributed by atoms with E-state index >= 15 is 0 Å². The summed E-state index contributed by atoms with van der Waals surface area (Å²) in [6.07, 6.45) is 3.02. The average Bonchev–Trinajstić information content (AvgIpc) is 2.60. The standard InChI is InChI=1S/C13H16N2O2/c1-13(2,3)17-12(16)15-7-9-5-4-6-11(14)10(9)8-15/h4-8H,14H2,1-3H3. The number of aromatic nitrogens is 1. The quantitative estimate of drug-likeness (QED) is 0.710. The third-order valence-corrected chi connectivity index (χ3v) is 2.32. The van der Waals surface area contributed by atoms with E-state index in [0.717, 1.165) is 10.8 Å². The number of anilines is 1. The van der Waals surface area contributed by atoms with E-state index in [1.807, 2.05) is 39.0 Å². The number of nitrogen functional groups attached to an aromatic ring is 1. The van der Waals surface area contributed by atoms with Gasteiger partial charge in [0.25, 0.3) is 0 Å². The summed E-state index contributed by atoms with van der Waals surface area (Å²) >= 11 is 0. The summed E-state index contributed by atoms with van der Waals surface area (Å²) in [5, 5.41) is 1.79. The van der Waals surface area contributed by atoms with E-state index in [-0.39, 0.29) is 0 Å². The lowest BCUT2D eigenvalue weighted by Crippen LogP contribution is -2.26. The minimum absolute atomic E-state index is 0.395. The highest BCUT2D eigenvalue weighted by molar-refractivity contribution is 5.95. The minimum atomic E-state index is -0.501. The number of nitrogens with zero attached hydrogens (tertiary/aromatic N) is 1. The van der Waals surface area contributed by atoms with Gasteiger partial charge in [0.1, 0.15) is 5.60 Å². The van der Waals surface area contributed by atoms with Crippen LogP contribution in [0.4, 0.5) is 10.5 Å². The lowest BCUT2D eigenvalue weighted by atomic mass is 10.2. The Morgan fingerprint density at radius 3 is 2.59 bits per heavy atom. The van der Waals surface area contributed by atoms with Crippen molar-refractivity contribution in [3.05, 3.63) is 30.6 Å². The molecule has 0 saturated carbocycles. The van der Waals surface area contributed by atoms with Crippen LogP contribution in [-0.2, 0) is 4.74 Å². The number of carbonyl (C=O) groups is 1. The predicted octanol–water partition coefficient (Wildman–Crippen LogP) is 3.01. The maximum absolute atomic E-state index is 11.8. The molecule has 0 aliphatic heterocycles. The molecule has 1 aromatic carbocycles. The highest BCUT2D eigenvalue weighted by atomic mass is 16.6. The fourth-order valence-electron chi connectivity index (χ4n) is 1.61. The Kier molecular flexibility index (Phi) is 2.58. The highest BCUT2D eigenvalue weighted by Gasteiger charge is 2.18. The van der Waals surface area contributed by atoms with Gasteiger partial charge in [-0.3, -0.25) is 4.57 Å². The van der Waals surface area contributed by atoms with Crippen molar-refractivity contribution in [2.45, 2.75) is 26.4 Å². The van der Waals surface area contributed by atoms with Crippen molar-refractivity contribution in [1.82, 2.24) is 4.57 Å². The van der Waals surface area contributed by atoms with Gasteiger partial charge in [-0.1, -0.05) is 12.1 Å². The number of carbonyl (C=O) groups excluding carboxylic acids is 1. The Balaban J connectivity index is 2.37. The summed E-state index contributed by atoms with van der Waals surface area (Å²) < 4.78 is 6.70. The van der Waals surface area contributed by atoms with E-state index in [9.17, 15) is 4.79 Å². The SMILES string of the molecule is CC(C)(C)OC(=O)n1cc2cccc(N)c2c1. The van der Waals surface area contributed by atoms with Crippen molar-refractivity contribution in [3.63, 3.8) is 0 Å². The summed E-state index contributed by atoms with van der Waals surface area (Å²) in [4.78, 5) is 11.8. The maximum Gasteiger partial charge on any atom is 0.418 e. The summed E-state index contributed by atoms with van der Waals surface area (Å²) in [6, 6.07) is 5.57. The van der Waals surface area contributed by atoms with Gasteiger partial charge in [0.2, 0.25) is 0 Å². The molecule has 0 amide bonds. The lowest BCUT2D eigenvalue weighted by molar-refractivity contribution is 0.0538. The van der Waals surface area contributed by atoms with Gasteiger partial charge in [0.15, 0.2) is 0 Å². The first-order chi connectivity index (χ1) is 7.87. The monoisotopic (exact) mass is 232 g/mol. The molecule has 90 valence electrons. The molecule has 0 radical (unpaired) electrons. The molecule has 0 saturated heterocycles. The smallest absolute Gasteiger partial charge is 0.418 e. The zero-order valence-electron chi connectivity index (χ0n) is 10.2. The zero-order valence-corrected chi connectivity index (χ0v) is 10.2. The average molecular weight is 232 g/mol. The molecule has 1 aromatic heterocycles. The van der Waals surface area contributed by atoms with Crippen LogP contribution in [0.3, 0.4) is 0 Å². The first kappa shape index (κ1) is 11.5. The van der Waals surface area contributed by atoms with E-state index in [1.54, 1.807) is 12.4 Å². The molecule has 0 fully saturated rings. The summed E-state index contributed by atoms with van der Waals surface area (Å²) in [7, 11) is 0. The van der Waals surface area contributed by atoms with Crippen LogP contribution >= 0.6 is 0 Å². The molecule has 0 unspecified atom stereocenters. The normalized spacial score (nSPS) is 11.7.